The van der Waals surface area contributed by atoms with Crippen LogP contribution in [0.5, 0.6) is 0 Å². The van der Waals surface area contributed by atoms with Gasteiger partial charge in [0, 0.05) is 6.54 Å². The summed E-state index contributed by atoms with van der Waals surface area (Å²) in [6.45, 7) is 2.54. The van der Waals surface area contributed by atoms with Gasteiger partial charge in [-0.3, -0.25) is 5.41 Å². The summed E-state index contributed by atoms with van der Waals surface area (Å²) in [5.74, 6) is -0.936. The largest absolute Gasteiger partial charge is 0.385 e. The molecule has 0 atom stereocenters. The van der Waals surface area contributed by atoms with Gasteiger partial charge in [-0.1, -0.05) is 13.3 Å². The van der Waals surface area contributed by atoms with Gasteiger partial charge in [0.05, 0.1) is 0 Å². The number of carbonyl (C=O) groups excluding carboxylic acids is 1. The maximum absolute atomic E-state index is 10.6. The van der Waals surface area contributed by atoms with Crippen LogP contribution in [0.15, 0.2) is 0 Å². The van der Waals surface area contributed by atoms with E-state index in [0.717, 1.165) is 12.8 Å². The highest BCUT2D eigenvalue weighted by Gasteiger charge is 2.08. The zero-order valence-corrected chi connectivity index (χ0v) is 6.89. The number of unbranched alkanes of at least 4 members (excludes halogenated alkanes) is 1. The Hall–Kier alpha value is -1.41. The summed E-state index contributed by atoms with van der Waals surface area (Å²) in [7, 11) is 0. The van der Waals surface area contributed by atoms with E-state index in [4.69, 9.17) is 10.7 Å². The summed E-state index contributed by atoms with van der Waals surface area (Å²) in [4.78, 5) is 15.0. The molecule has 2 N–H and O–H groups in total. The average Bonchev–Trinajstić information content (AvgIpc) is 2.10. The van der Waals surface area contributed by atoms with Gasteiger partial charge < -0.3 is 4.84 Å². The predicted octanol–water partition coefficient (Wildman–Crippen LogP) is 0.378. The fraction of sp³-hybridized carbons (Fsp3) is 0.571. The fourth-order valence-electron chi connectivity index (χ4n) is 0.462. The van der Waals surface area contributed by atoms with Crippen molar-refractivity contribution in [2.24, 2.45) is 0 Å². The van der Waals surface area contributed by atoms with E-state index in [-0.39, 0.29) is 0 Å². The van der Waals surface area contributed by atoms with Crippen molar-refractivity contribution in [1.29, 1.82) is 10.7 Å². The molecule has 0 aromatic carbocycles. The number of nitrogens with one attached hydrogen (secondary N) is 2. The molecule has 0 heterocycles. The molecule has 5 nitrogen and oxygen atoms in total. The lowest BCUT2D eigenvalue weighted by molar-refractivity contribution is -0.142. The van der Waals surface area contributed by atoms with Crippen molar-refractivity contribution in [3.8, 4) is 6.07 Å². The normalized spacial score (nSPS) is 8.67. The molecule has 0 saturated heterocycles. The molecule has 0 radical (unpaired) electrons. The molecule has 0 fully saturated rings. The Balaban J connectivity index is 3.46. The van der Waals surface area contributed by atoms with Crippen molar-refractivity contribution < 1.29 is 9.63 Å². The van der Waals surface area contributed by atoms with Gasteiger partial charge in [0.25, 0.3) is 0 Å². The van der Waals surface area contributed by atoms with E-state index >= 15 is 0 Å². The molecule has 0 aromatic rings. The standard InChI is InChI=1S/C7H11N3O2/c1-2-3-4-10-12-7(11)6(9)5-8/h9-10H,2-4H2,1H3. The molecule has 0 saturated carbocycles. The summed E-state index contributed by atoms with van der Waals surface area (Å²) in [5.41, 5.74) is 1.66. The SMILES string of the molecule is CCCCNOC(=O)C(=N)C#N. The molecule has 0 amide bonds. The molecule has 0 aromatic heterocycles. The van der Waals surface area contributed by atoms with Crippen LogP contribution in [-0.2, 0) is 9.63 Å². The molecule has 0 aliphatic rings. The zero-order valence-electron chi connectivity index (χ0n) is 6.89. The van der Waals surface area contributed by atoms with E-state index < -0.39 is 11.7 Å². The average molecular weight is 169 g/mol. The van der Waals surface area contributed by atoms with Crippen LogP contribution in [0, 0.1) is 16.7 Å². The highest BCUT2D eigenvalue weighted by molar-refractivity contribution is 6.41. The molecule has 66 valence electrons. The van der Waals surface area contributed by atoms with Gasteiger partial charge in [-0.25, -0.2) is 4.79 Å². The minimum atomic E-state index is -0.936. The number of carbonyl (C=O) groups is 1. The first kappa shape index (κ1) is 10.6. The lowest BCUT2D eigenvalue weighted by atomic mass is 10.3. The van der Waals surface area contributed by atoms with E-state index in [1.165, 1.54) is 6.07 Å². The van der Waals surface area contributed by atoms with Gasteiger partial charge in [-0.15, -0.1) is 0 Å². The van der Waals surface area contributed by atoms with Crippen molar-refractivity contribution in [2.45, 2.75) is 19.8 Å². The molecule has 12 heavy (non-hydrogen) atoms. The van der Waals surface area contributed by atoms with Crippen molar-refractivity contribution in [2.75, 3.05) is 6.54 Å². The second kappa shape index (κ2) is 6.31. The third-order valence-electron chi connectivity index (χ3n) is 1.11. The number of rotatable bonds is 5. The molecular weight excluding hydrogens is 158 g/mol. The summed E-state index contributed by atoms with van der Waals surface area (Å²) in [6.07, 6.45) is 1.87. The first-order chi connectivity index (χ1) is 5.72. The predicted molar refractivity (Wildman–Crippen MR) is 42.3 cm³/mol. The van der Waals surface area contributed by atoms with E-state index in [2.05, 4.69) is 10.3 Å². The minimum absolute atomic E-state index is 0.543. The van der Waals surface area contributed by atoms with Crippen LogP contribution in [0.25, 0.3) is 0 Å². The summed E-state index contributed by atoms with van der Waals surface area (Å²) >= 11 is 0. The quantitative estimate of drug-likeness (QED) is 0.354. The summed E-state index contributed by atoms with van der Waals surface area (Å²) < 4.78 is 0. The van der Waals surface area contributed by atoms with Crippen LogP contribution in [0.2, 0.25) is 0 Å². The van der Waals surface area contributed by atoms with Gasteiger partial charge >= 0.3 is 5.97 Å². The maximum atomic E-state index is 10.6. The van der Waals surface area contributed by atoms with Crippen molar-refractivity contribution >= 4 is 11.7 Å². The van der Waals surface area contributed by atoms with Crippen LogP contribution < -0.4 is 5.48 Å². The Bertz CT molecular complexity index is 207. The Labute approximate surface area is 70.8 Å². The van der Waals surface area contributed by atoms with Crippen LogP contribution in [0.4, 0.5) is 0 Å². The van der Waals surface area contributed by atoms with Gasteiger partial charge in [0.2, 0.25) is 5.71 Å². The van der Waals surface area contributed by atoms with Crippen LogP contribution in [0.3, 0.4) is 0 Å². The van der Waals surface area contributed by atoms with E-state index in [1.54, 1.807) is 0 Å². The van der Waals surface area contributed by atoms with Crippen molar-refractivity contribution in [3.05, 3.63) is 0 Å². The number of nitrogens with zero attached hydrogens (tertiary/aromatic N) is 1. The maximum Gasteiger partial charge on any atom is 0.385 e. The van der Waals surface area contributed by atoms with E-state index in [1.807, 2.05) is 6.92 Å². The Morgan fingerprint density at radius 2 is 2.42 bits per heavy atom. The smallest absolute Gasteiger partial charge is 0.365 e. The third kappa shape index (κ3) is 4.41. The van der Waals surface area contributed by atoms with Crippen LogP contribution in [0.1, 0.15) is 19.8 Å². The van der Waals surface area contributed by atoms with Gasteiger partial charge in [0.1, 0.15) is 6.07 Å². The third-order valence-corrected chi connectivity index (χ3v) is 1.11. The number of hydroxylamine groups is 1. The topological polar surface area (TPSA) is 86.0 Å². The second-order valence-corrected chi connectivity index (χ2v) is 2.12. The lowest BCUT2D eigenvalue weighted by Crippen LogP contribution is -2.25. The van der Waals surface area contributed by atoms with E-state index in [0.29, 0.717) is 6.54 Å². The molecule has 0 aliphatic carbocycles. The van der Waals surface area contributed by atoms with Crippen molar-refractivity contribution in [1.82, 2.24) is 5.48 Å². The van der Waals surface area contributed by atoms with Gasteiger partial charge in [-0.2, -0.15) is 10.7 Å². The van der Waals surface area contributed by atoms with Crippen LogP contribution >= 0.6 is 0 Å². The number of hydrogen-bond acceptors (Lipinski definition) is 5. The Kier molecular flexibility index (Phi) is 5.57. The molecule has 0 bridgehead atoms. The fourth-order valence-corrected chi connectivity index (χ4v) is 0.462. The molecule has 0 unspecified atom stereocenters. The zero-order chi connectivity index (χ0) is 9.40. The number of nitriles is 1. The van der Waals surface area contributed by atoms with E-state index in [9.17, 15) is 4.79 Å². The molecule has 0 spiro atoms. The van der Waals surface area contributed by atoms with Crippen molar-refractivity contribution in [3.63, 3.8) is 0 Å². The van der Waals surface area contributed by atoms with Gasteiger partial charge in [0.15, 0.2) is 0 Å². The second-order valence-electron chi connectivity index (χ2n) is 2.12. The van der Waals surface area contributed by atoms with Gasteiger partial charge in [-0.05, 0) is 6.42 Å². The number of hydrogen-bond donors (Lipinski definition) is 2. The lowest BCUT2D eigenvalue weighted by Gasteiger charge is -2.01. The summed E-state index contributed by atoms with van der Waals surface area (Å²) in [6, 6.07) is 1.37. The Morgan fingerprint density at radius 3 is 2.92 bits per heavy atom. The molecule has 0 rings (SSSR count). The first-order valence-corrected chi connectivity index (χ1v) is 3.65. The minimum Gasteiger partial charge on any atom is -0.365 e. The summed E-state index contributed by atoms with van der Waals surface area (Å²) in [5, 5.41) is 14.9. The molecular formula is C7H11N3O2. The molecule has 0 aliphatic heterocycles. The highest BCUT2D eigenvalue weighted by Crippen LogP contribution is 1.83. The van der Waals surface area contributed by atoms with Crippen LogP contribution in [-0.4, -0.2) is 18.2 Å². The monoisotopic (exact) mass is 169 g/mol. The Morgan fingerprint density at radius 1 is 1.75 bits per heavy atom. The highest BCUT2D eigenvalue weighted by atomic mass is 16.7. The first-order valence-electron chi connectivity index (χ1n) is 3.65. The molecule has 5 heteroatoms.